The summed E-state index contributed by atoms with van der Waals surface area (Å²) in [6.07, 6.45) is 7.23. The fourth-order valence-electron chi connectivity index (χ4n) is 6.13. The number of aromatic nitrogens is 2. The van der Waals surface area contributed by atoms with Gasteiger partial charge in [-0.3, -0.25) is 4.68 Å². The van der Waals surface area contributed by atoms with Crippen LogP contribution < -0.4 is 0 Å². The largest absolute Gasteiger partial charge is 0.458 e. The van der Waals surface area contributed by atoms with Crippen molar-refractivity contribution < 1.29 is 28.1 Å². The standard InChI is InChI=1S/C36H47FN2O5S/c1-36(2,3)44-31(40)25-41-24-27-17-15-26(16-18-27)23-39-34(28-10-5-4-6-11-28)33(29-12-9-13-30(37)22-29)35(38-39)45-21-20-43-32-14-7-8-19-42-32/h4-6,9-13,22,26-27,32H,7-8,14-21,23-25H2,1-3H3. The van der Waals surface area contributed by atoms with E-state index < -0.39 is 5.60 Å². The molecule has 1 saturated carbocycles. The van der Waals surface area contributed by atoms with Crippen molar-refractivity contribution in [2.75, 3.05) is 32.2 Å². The van der Waals surface area contributed by atoms with Gasteiger partial charge in [-0.1, -0.05) is 42.5 Å². The fraction of sp³-hybridized carbons (Fsp3) is 0.556. The summed E-state index contributed by atoms with van der Waals surface area (Å²) in [5.41, 5.74) is 3.36. The third-order valence-electron chi connectivity index (χ3n) is 8.24. The minimum Gasteiger partial charge on any atom is -0.458 e. The zero-order valence-corrected chi connectivity index (χ0v) is 27.7. The quantitative estimate of drug-likeness (QED) is 0.106. The Kier molecular flexibility index (Phi) is 12.1. The van der Waals surface area contributed by atoms with Gasteiger partial charge in [-0.15, -0.1) is 11.8 Å². The van der Waals surface area contributed by atoms with Gasteiger partial charge in [0.15, 0.2) is 6.29 Å². The van der Waals surface area contributed by atoms with Crippen molar-refractivity contribution in [3.8, 4) is 22.4 Å². The van der Waals surface area contributed by atoms with E-state index in [1.165, 1.54) is 6.07 Å². The van der Waals surface area contributed by atoms with E-state index in [-0.39, 0.29) is 24.7 Å². The summed E-state index contributed by atoms with van der Waals surface area (Å²) < 4.78 is 39.5. The van der Waals surface area contributed by atoms with Crippen LogP contribution in [0, 0.1) is 17.7 Å². The second-order valence-corrected chi connectivity index (χ2v) is 14.2. The summed E-state index contributed by atoms with van der Waals surface area (Å²) in [5, 5.41) is 6.07. The molecule has 1 aromatic heterocycles. The highest BCUT2D eigenvalue weighted by molar-refractivity contribution is 7.99. The van der Waals surface area contributed by atoms with Crippen LogP contribution in [0.3, 0.4) is 0 Å². The van der Waals surface area contributed by atoms with Crippen molar-refractivity contribution in [1.82, 2.24) is 9.78 Å². The van der Waals surface area contributed by atoms with Crippen LogP contribution in [-0.4, -0.2) is 59.8 Å². The molecule has 1 unspecified atom stereocenters. The van der Waals surface area contributed by atoms with Crippen LogP contribution in [0.1, 0.15) is 65.7 Å². The normalized spacial score (nSPS) is 20.7. The van der Waals surface area contributed by atoms with E-state index in [1.807, 2.05) is 45.0 Å². The zero-order chi connectivity index (χ0) is 31.6. The summed E-state index contributed by atoms with van der Waals surface area (Å²) in [6, 6.07) is 17.1. The summed E-state index contributed by atoms with van der Waals surface area (Å²) in [5.74, 6) is 1.03. The molecule has 0 bridgehead atoms. The Bertz CT molecular complexity index is 1360. The van der Waals surface area contributed by atoms with Crippen LogP contribution in [-0.2, 0) is 30.3 Å². The van der Waals surface area contributed by atoms with Crippen LogP contribution in [0.25, 0.3) is 22.4 Å². The van der Waals surface area contributed by atoms with Crippen LogP contribution in [0.5, 0.6) is 0 Å². The molecular formula is C36H47FN2O5S. The Labute approximate surface area is 271 Å². The van der Waals surface area contributed by atoms with Gasteiger partial charge < -0.3 is 18.9 Å². The second kappa shape index (κ2) is 16.2. The first-order valence-electron chi connectivity index (χ1n) is 16.3. The molecule has 0 amide bonds. The van der Waals surface area contributed by atoms with Crippen LogP contribution in [0.4, 0.5) is 4.39 Å². The number of nitrogens with zero attached hydrogens (tertiary/aromatic N) is 2. The maximum absolute atomic E-state index is 14.5. The average molecular weight is 639 g/mol. The minimum atomic E-state index is -0.506. The van der Waals surface area contributed by atoms with Gasteiger partial charge in [0.2, 0.25) is 0 Å². The van der Waals surface area contributed by atoms with Gasteiger partial charge in [0, 0.05) is 30.0 Å². The lowest BCUT2D eigenvalue weighted by Crippen LogP contribution is -2.28. The molecule has 0 N–H and O–H groups in total. The van der Waals surface area contributed by atoms with E-state index in [2.05, 4.69) is 16.8 Å². The highest BCUT2D eigenvalue weighted by Gasteiger charge is 2.27. The van der Waals surface area contributed by atoms with Gasteiger partial charge in [-0.2, -0.15) is 5.10 Å². The monoisotopic (exact) mass is 638 g/mol. The third-order valence-corrected chi connectivity index (χ3v) is 9.17. The number of carbonyl (C=O) groups is 1. The topological polar surface area (TPSA) is 71.8 Å². The molecular weight excluding hydrogens is 591 g/mol. The SMILES string of the molecule is CC(C)(C)OC(=O)COCC1CCC(Cn2nc(SCCOC3CCCCO3)c(-c3cccc(F)c3)c2-c2ccccc2)CC1. The minimum absolute atomic E-state index is 0.00700. The molecule has 1 saturated heterocycles. The number of ether oxygens (including phenoxy) is 4. The van der Waals surface area contributed by atoms with Gasteiger partial charge in [-0.25, -0.2) is 9.18 Å². The van der Waals surface area contributed by atoms with Gasteiger partial charge >= 0.3 is 5.97 Å². The number of hydrogen-bond acceptors (Lipinski definition) is 7. The van der Waals surface area contributed by atoms with Crippen LogP contribution in [0.2, 0.25) is 0 Å². The number of benzene rings is 2. The molecule has 244 valence electrons. The maximum Gasteiger partial charge on any atom is 0.332 e. The first kappa shape index (κ1) is 33.6. The zero-order valence-electron chi connectivity index (χ0n) is 26.8. The third kappa shape index (κ3) is 10.1. The van der Waals surface area contributed by atoms with E-state index in [0.717, 1.165) is 91.3 Å². The molecule has 0 radical (unpaired) electrons. The van der Waals surface area contributed by atoms with Crippen molar-refractivity contribution in [2.45, 2.75) is 89.2 Å². The number of esters is 1. The average Bonchev–Trinajstić information content (AvgIpc) is 3.38. The lowest BCUT2D eigenvalue weighted by atomic mass is 9.82. The fourth-order valence-corrected chi connectivity index (χ4v) is 7.02. The first-order chi connectivity index (χ1) is 21.7. The van der Waals surface area contributed by atoms with E-state index in [4.69, 9.17) is 24.0 Å². The van der Waals surface area contributed by atoms with E-state index in [1.54, 1.807) is 23.9 Å². The number of hydrogen-bond donors (Lipinski definition) is 0. The van der Waals surface area contributed by atoms with Crippen molar-refractivity contribution in [3.63, 3.8) is 0 Å². The van der Waals surface area contributed by atoms with Crippen molar-refractivity contribution in [2.24, 2.45) is 11.8 Å². The van der Waals surface area contributed by atoms with Crippen molar-refractivity contribution in [1.29, 1.82) is 0 Å². The van der Waals surface area contributed by atoms with Gasteiger partial charge in [0.05, 0.1) is 18.9 Å². The lowest BCUT2D eigenvalue weighted by molar-refractivity contribution is -0.160. The molecule has 0 spiro atoms. The molecule has 2 fully saturated rings. The highest BCUT2D eigenvalue weighted by Crippen LogP contribution is 2.41. The Morgan fingerprint density at radius 3 is 2.47 bits per heavy atom. The Morgan fingerprint density at radius 2 is 1.76 bits per heavy atom. The number of rotatable bonds is 13. The predicted octanol–water partition coefficient (Wildman–Crippen LogP) is 8.16. The second-order valence-electron chi connectivity index (χ2n) is 13.1. The predicted molar refractivity (Wildman–Crippen MR) is 175 cm³/mol. The number of thioether (sulfide) groups is 1. The molecule has 9 heteroatoms. The lowest BCUT2D eigenvalue weighted by Gasteiger charge is -2.29. The maximum atomic E-state index is 14.5. The first-order valence-corrected chi connectivity index (χ1v) is 17.3. The number of carbonyl (C=O) groups excluding carboxylic acids is 1. The van der Waals surface area contributed by atoms with Crippen LogP contribution >= 0.6 is 11.8 Å². The van der Waals surface area contributed by atoms with Gasteiger partial charge in [0.25, 0.3) is 0 Å². The molecule has 1 aliphatic carbocycles. The molecule has 5 rings (SSSR count). The van der Waals surface area contributed by atoms with Gasteiger partial charge in [-0.05, 0) is 95.2 Å². The summed E-state index contributed by atoms with van der Waals surface area (Å²) in [7, 11) is 0. The molecule has 45 heavy (non-hydrogen) atoms. The summed E-state index contributed by atoms with van der Waals surface area (Å²) >= 11 is 1.65. The van der Waals surface area contributed by atoms with E-state index in [0.29, 0.717) is 25.0 Å². The molecule has 7 nitrogen and oxygen atoms in total. The molecule has 1 atom stereocenters. The molecule has 3 aromatic rings. The smallest absolute Gasteiger partial charge is 0.332 e. The molecule has 1 aliphatic heterocycles. The Hall–Kier alpha value is -2.72. The van der Waals surface area contributed by atoms with Gasteiger partial charge in [0.1, 0.15) is 23.1 Å². The summed E-state index contributed by atoms with van der Waals surface area (Å²) in [4.78, 5) is 12.0. The van der Waals surface area contributed by atoms with E-state index in [9.17, 15) is 9.18 Å². The van der Waals surface area contributed by atoms with Crippen LogP contribution in [0.15, 0.2) is 59.6 Å². The Morgan fingerprint density at radius 1 is 1.00 bits per heavy atom. The Balaban J connectivity index is 1.29. The van der Waals surface area contributed by atoms with Crippen molar-refractivity contribution in [3.05, 3.63) is 60.4 Å². The highest BCUT2D eigenvalue weighted by atomic mass is 32.2. The molecule has 2 aliphatic rings. The van der Waals surface area contributed by atoms with Crippen molar-refractivity contribution >= 4 is 17.7 Å². The summed E-state index contributed by atoms with van der Waals surface area (Å²) in [6.45, 7) is 8.25. The van der Waals surface area contributed by atoms with E-state index >= 15 is 0 Å². The molecule has 2 heterocycles. The molecule has 2 aromatic carbocycles. The number of halogens is 1.